The maximum Gasteiger partial charge on any atom is 0.220 e. The molecule has 21 heavy (non-hydrogen) atoms. The van der Waals surface area contributed by atoms with Crippen molar-refractivity contribution in [2.45, 2.75) is 52.9 Å². The van der Waals surface area contributed by atoms with Crippen LogP contribution in [0.5, 0.6) is 0 Å². The molecule has 1 aromatic rings. The first kappa shape index (κ1) is 18.3. The van der Waals surface area contributed by atoms with Crippen LogP contribution < -0.4 is 10.3 Å². The number of rotatable bonds is 8. The third kappa shape index (κ3) is 4.36. The predicted octanol–water partition coefficient (Wildman–Crippen LogP) is 3.51. The lowest BCUT2D eigenvalue weighted by Gasteiger charge is -2.31. The monoisotopic (exact) mass is 310 g/mol. The summed E-state index contributed by atoms with van der Waals surface area (Å²) in [6.45, 7) is 15.0. The zero-order valence-corrected chi connectivity index (χ0v) is 15.3. The summed E-state index contributed by atoms with van der Waals surface area (Å²) in [4.78, 5) is 16.6. The first-order valence-corrected chi connectivity index (χ1v) is 8.42. The highest BCUT2D eigenvalue weighted by Crippen LogP contribution is 2.32. The zero-order valence-electron chi connectivity index (χ0n) is 14.5. The van der Waals surface area contributed by atoms with Gasteiger partial charge in [0.25, 0.3) is 0 Å². The van der Waals surface area contributed by atoms with E-state index in [2.05, 4.69) is 44.4 Å². The molecule has 0 unspecified atom stereocenters. The van der Waals surface area contributed by atoms with E-state index in [1.165, 1.54) is 6.42 Å². The minimum Gasteiger partial charge on any atom is -0.371 e. The highest BCUT2D eigenvalue weighted by molar-refractivity contribution is 7.71. The van der Waals surface area contributed by atoms with Gasteiger partial charge in [0, 0.05) is 19.2 Å². The molecule has 0 aliphatic heterocycles. The zero-order chi connectivity index (χ0) is 16.2. The molecule has 0 aliphatic carbocycles. The molecule has 4 heteroatoms. The molecule has 0 N–H and O–H groups in total. The standard InChI is InChI=1S/C17H30N2OS/c1-7-19(8-2)12-10-9-11-18(6)14-13(17(3,4)5)16(21)15(14)20/h7-12H2,1-6H3. The Morgan fingerprint density at radius 3 is 2.05 bits per heavy atom. The Balaban J connectivity index is 2.58. The van der Waals surface area contributed by atoms with E-state index in [1.54, 1.807) is 0 Å². The average molecular weight is 311 g/mol. The molecule has 0 bridgehead atoms. The lowest BCUT2D eigenvalue weighted by Crippen LogP contribution is -2.35. The summed E-state index contributed by atoms with van der Waals surface area (Å²) in [5.74, 6) is 0. The van der Waals surface area contributed by atoms with Crippen LogP contribution in [0.4, 0.5) is 5.69 Å². The molecule has 1 aromatic carbocycles. The van der Waals surface area contributed by atoms with Crippen LogP contribution >= 0.6 is 12.2 Å². The van der Waals surface area contributed by atoms with Crippen molar-refractivity contribution in [3.63, 3.8) is 0 Å². The lowest BCUT2D eigenvalue weighted by molar-refractivity contribution is 0.297. The molecule has 120 valence electrons. The number of anilines is 1. The van der Waals surface area contributed by atoms with E-state index < -0.39 is 0 Å². The van der Waals surface area contributed by atoms with Crippen LogP contribution in [-0.4, -0.2) is 38.1 Å². The second kappa shape index (κ2) is 7.50. The van der Waals surface area contributed by atoms with Gasteiger partial charge in [0.15, 0.2) is 0 Å². The average Bonchev–Trinajstić information content (AvgIpc) is 2.42. The first-order chi connectivity index (χ1) is 9.73. The van der Waals surface area contributed by atoms with E-state index in [0.717, 1.165) is 43.9 Å². The molecule has 3 nitrogen and oxygen atoms in total. The molecule has 0 saturated heterocycles. The van der Waals surface area contributed by atoms with Gasteiger partial charge in [0.2, 0.25) is 5.43 Å². The van der Waals surface area contributed by atoms with Gasteiger partial charge < -0.3 is 9.80 Å². The van der Waals surface area contributed by atoms with Crippen molar-refractivity contribution in [1.82, 2.24) is 4.90 Å². The third-order valence-electron chi connectivity index (χ3n) is 4.13. The summed E-state index contributed by atoms with van der Waals surface area (Å²) in [6, 6.07) is 0. The van der Waals surface area contributed by atoms with Crippen LogP contribution in [0, 0.1) is 4.51 Å². The van der Waals surface area contributed by atoms with Gasteiger partial charge in [-0.3, -0.25) is 4.79 Å². The summed E-state index contributed by atoms with van der Waals surface area (Å²) in [7, 11) is 2.01. The Bertz CT molecular complexity index is 519. The third-order valence-corrected chi connectivity index (χ3v) is 4.52. The van der Waals surface area contributed by atoms with Crippen molar-refractivity contribution in [3.8, 4) is 0 Å². The van der Waals surface area contributed by atoms with E-state index >= 15 is 0 Å². The second-order valence-electron chi connectivity index (χ2n) is 6.79. The van der Waals surface area contributed by atoms with Gasteiger partial charge in [-0.05, 0) is 37.9 Å². The molecule has 0 spiro atoms. The van der Waals surface area contributed by atoms with Gasteiger partial charge in [-0.25, -0.2) is 0 Å². The summed E-state index contributed by atoms with van der Waals surface area (Å²) in [5, 5.41) is 0. The Labute approximate surface area is 134 Å². The van der Waals surface area contributed by atoms with E-state index in [-0.39, 0.29) is 10.8 Å². The van der Waals surface area contributed by atoms with Gasteiger partial charge in [-0.1, -0.05) is 46.8 Å². The topological polar surface area (TPSA) is 23.6 Å². The number of unbranched alkanes of at least 4 members (excludes halogenated alkanes) is 1. The maximum absolute atomic E-state index is 12.0. The normalized spacial score (nSPS) is 12.3. The largest absolute Gasteiger partial charge is 0.371 e. The molecule has 0 aromatic heterocycles. The number of hydrogen-bond acceptors (Lipinski definition) is 4. The smallest absolute Gasteiger partial charge is 0.220 e. The molecule has 1 rings (SSSR count). The Hall–Kier alpha value is -0.740. The molecular weight excluding hydrogens is 280 g/mol. The van der Waals surface area contributed by atoms with Crippen molar-refractivity contribution >= 4 is 17.9 Å². The van der Waals surface area contributed by atoms with Crippen molar-refractivity contribution in [2.24, 2.45) is 0 Å². The van der Waals surface area contributed by atoms with Crippen LogP contribution in [0.1, 0.15) is 53.0 Å². The molecule has 0 radical (unpaired) electrons. The van der Waals surface area contributed by atoms with Gasteiger partial charge in [-0.15, -0.1) is 0 Å². The van der Waals surface area contributed by atoms with Crippen LogP contribution in [0.2, 0.25) is 0 Å². The van der Waals surface area contributed by atoms with Crippen LogP contribution in [0.25, 0.3) is 0 Å². The summed E-state index contributed by atoms with van der Waals surface area (Å²) < 4.78 is 0.535. The Morgan fingerprint density at radius 1 is 1.05 bits per heavy atom. The summed E-state index contributed by atoms with van der Waals surface area (Å²) in [6.07, 6.45) is 2.27. The highest BCUT2D eigenvalue weighted by Gasteiger charge is 2.29. The Morgan fingerprint density at radius 2 is 1.57 bits per heavy atom. The van der Waals surface area contributed by atoms with Gasteiger partial charge >= 0.3 is 0 Å². The fourth-order valence-corrected chi connectivity index (χ4v) is 3.28. The molecular formula is C17H30N2OS. The van der Waals surface area contributed by atoms with E-state index in [9.17, 15) is 4.79 Å². The van der Waals surface area contributed by atoms with Crippen molar-refractivity contribution in [1.29, 1.82) is 0 Å². The summed E-state index contributed by atoms with van der Waals surface area (Å²) >= 11 is 5.23. The molecule has 0 aliphatic rings. The minimum absolute atomic E-state index is 0.0458. The van der Waals surface area contributed by atoms with Crippen molar-refractivity contribution in [2.75, 3.05) is 38.1 Å². The molecule has 0 saturated carbocycles. The fraction of sp³-hybridized carbons (Fsp3) is 0.765. The van der Waals surface area contributed by atoms with E-state index in [0.29, 0.717) is 4.51 Å². The fourth-order valence-electron chi connectivity index (χ4n) is 2.78. The van der Waals surface area contributed by atoms with Gasteiger partial charge in [-0.2, -0.15) is 0 Å². The Kier molecular flexibility index (Phi) is 6.54. The minimum atomic E-state index is -0.0458. The van der Waals surface area contributed by atoms with E-state index in [4.69, 9.17) is 12.2 Å². The van der Waals surface area contributed by atoms with Crippen molar-refractivity contribution in [3.05, 3.63) is 20.3 Å². The first-order valence-electron chi connectivity index (χ1n) is 8.01. The van der Waals surface area contributed by atoms with Crippen LogP contribution in [0.15, 0.2) is 4.79 Å². The predicted molar refractivity (Wildman–Crippen MR) is 94.9 cm³/mol. The molecule has 0 heterocycles. The molecule has 0 atom stereocenters. The van der Waals surface area contributed by atoms with Crippen LogP contribution in [-0.2, 0) is 5.41 Å². The van der Waals surface area contributed by atoms with Gasteiger partial charge in [0.05, 0.1) is 10.2 Å². The van der Waals surface area contributed by atoms with Gasteiger partial charge in [0.1, 0.15) is 0 Å². The highest BCUT2D eigenvalue weighted by atomic mass is 32.1. The number of hydrogen-bond donors (Lipinski definition) is 0. The van der Waals surface area contributed by atoms with E-state index in [1.807, 2.05) is 7.05 Å². The molecule has 0 amide bonds. The second-order valence-corrected chi connectivity index (χ2v) is 7.20. The molecule has 0 fully saturated rings. The lowest BCUT2D eigenvalue weighted by atomic mass is 9.82. The maximum atomic E-state index is 12.0. The van der Waals surface area contributed by atoms with Crippen LogP contribution in [0.3, 0.4) is 0 Å². The quantitative estimate of drug-likeness (QED) is 0.541. The number of nitrogens with zero attached hydrogens (tertiary/aromatic N) is 2. The SMILES string of the molecule is CCN(CC)CCCCN(C)c1c(C(C)(C)C)c(=S)c1=O. The summed E-state index contributed by atoms with van der Waals surface area (Å²) in [5.41, 5.74) is 1.92. The van der Waals surface area contributed by atoms with Crippen molar-refractivity contribution < 1.29 is 0 Å².